The third-order valence-electron chi connectivity index (χ3n) is 3.51. The first-order valence-corrected chi connectivity index (χ1v) is 6.78. The summed E-state index contributed by atoms with van der Waals surface area (Å²) in [6.07, 6.45) is 2.44. The molecule has 0 saturated carbocycles. The molecule has 1 unspecified atom stereocenters. The van der Waals surface area contributed by atoms with E-state index in [4.69, 9.17) is 11.5 Å². The van der Waals surface area contributed by atoms with Gasteiger partial charge in [-0.2, -0.15) is 0 Å². The number of hydrogen-bond donors (Lipinski definition) is 3. The van der Waals surface area contributed by atoms with Crippen molar-refractivity contribution in [1.82, 2.24) is 4.90 Å². The number of amides is 3. The van der Waals surface area contributed by atoms with Crippen molar-refractivity contribution in [2.45, 2.75) is 31.8 Å². The Kier molecular flexibility index (Phi) is 4.57. The van der Waals surface area contributed by atoms with E-state index in [2.05, 4.69) is 5.32 Å². The fourth-order valence-corrected chi connectivity index (χ4v) is 2.44. The van der Waals surface area contributed by atoms with Gasteiger partial charge in [0.25, 0.3) is 0 Å². The van der Waals surface area contributed by atoms with Gasteiger partial charge in [-0.1, -0.05) is 12.1 Å². The van der Waals surface area contributed by atoms with E-state index in [1.165, 1.54) is 4.90 Å². The van der Waals surface area contributed by atoms with Crippen LogP contribution in [-0.2, 0) is 11.3 Å². The van der Waals surface area contributed by atoms with Gasteiger partial charge in [0.05, 0.1) is 0 Å². The predicted molar refractivity (Wildman–Crippen MR) is 76.9 cm³/mol. The van der Waals surface area contributed by atoms with Crippen LogP contribution in [0, 0.1) is 0 Å². The first kappa shape index (κ1) is 14.3. The molecule has 1 saturated heterocycles. The number of likely N-dealkylation sites (tertiary alicyclic amines) is 1. The maximum atomic E-state index is 12.3. The Morgan fingerprint density at radius 2 is 2.15 bits per heavy atom. The standard InChI is InChI=1S/C14H20N4O2/c15-9-10-4-3-5-11(8-10)17-14(20)18-7-2-1-6-12(18)13(16)19/h3-5,8,12H,1-2,6-7,9,15H2,(H2,16,19)(H,17,20). The van der Waals surface area contributed by atoms with E-state index in [1.807, 2.05) is 18.2 Å². The molecule has 6 nitrogen and oxygen atoms in total. The molecular formula is C14H20N4O2. The summed E-state index contributed by atoms with van der Waals surface area (Å²) in [7, 11) is 0. The lowest BCUT2D eigenvalue weighted by molar-refractivity contribution is -0.123. The molecule has 1 heterocycles. The van der Waals surface area contributed by atoms with Gasteiger partial charge in [-0.15, -0.1) is 0 Å². The molecule has 6 heteroatoms. The van der Waals surface area contributed by atoms with Crippen molar-refractivity contribution in [2.24, 2.45) is 11.5 Å². The molecule has 1 aliphatic heterocycles. The molecule has 0 aromatic heterocycles. The average Bonchev–Trinajstić information content (AvgIpc) is 2.47. The first-order valence-electron chi connectivity index (χ1n) is 6.78. The summed E-state index contributed by atoms with van der Waals surface area (Å²) < 4.78 is 0. The predicted octanol–water partition coefficient (Wildman–Crippen LogP) is 1.02. The largest absolute Gasteiger partial charge is 0.368 e. The molecule has 1 aliphatic rings. The number of carbonyl (C=O) groups excluding carboxylic acids is 2. The highest BCUT2D eigenvalue weighted by Crippen LogP contribution is 2.19. The van der Waals surface area contributed by atoms with E-state index >= 15 is 0 Å². The number of rotatable bonds is 3. The monoisotopic (exact) mass is 276 g/mol. The molecule has 3 amide bonds. The number of urea groups is 1. The topological polar surface area (TPSA) is 101 Å². The van der Waals surface area contributed by atoms with E-state index in [0.29, 0.717) is 25.2 Å². The summed E-state index contributed by atoms with van der Waals surface area (Å²) in [5, 5.41) is 2.79. The Bertz CT molecular complexity index is 504. The van der Waals surface area contributed by atoms with Crippen LogP contribution >= 0.6 is 0 Å². The Labute approximate surface area is 118 Å². The lowest BCUT2D eigenvalue weighted by atomic mass is 10.0. The molecule has 108 valence electrons. The first-order chi connectivity index (χ1) is 9.61. The summed E-state index contributed by atoms with van der Waals surface area (Å²) >= 11 is 0. The number of benzene rings is 1. The molecule has 0 bridgehead atoms. The Balaban J connectivity index is 2.07. The third-order valence-corrected chi connectivity index (χ3v) is 3.51. The number of nitrogens with zero attached hydrogens (tertiary/aromatic N) is 1. The number of nitrogens with one attached hydrogen (secondary N) is 1. The van der Waals surface area contributed by atoms with Gasteiger partial charge < -0.3 is 21.7 Å². The average molecular weight is 276 g/mol. The number of piperidine rings is 1. The number of carbonyl (C=O) groups is 2. The second kappa shape index (κ2) is 6.38. The molecule has 1 fully saturated rings. The van der Waals surface area contributed by atoms with Crippen LogP contribution < -0.4 is 16.8 Å². The van der Waals surface area contributed by atoms with E-state index in [9.17, 15) is 9.59 Å². The van der Waals surface area contributed by atoms with E-state index in [-0.39, 0.29) is 6.03 Å². The molecule has 1 aromatic rings. The summed E-state index contributed by atoms with van der Waals surface area (Å²) in [6.45, 7) is 0.966. The van der Waals surface area contributed by atoms with Gasteiger partial charge in [-0.3, -0.25) is 4.79 Å². The SMILES string of the molecule is NCc1cccc(NC(=O)N2CCCCC2C(N)=O)c1. The molecule has 0 spiro atoms. The fourth-order valence-electron chi connectivity index (χ4n) is 2.44. The summed E-state index contributed by atoms with van der Waals surface area (Å²) in [5.41, 5.74) is 12.5. The zero-order chi connectivity index (χ0) is 14.5. The highest BCUT2D eigenvalue weighted by molar-refractivity contribution is 5.93. The van der Waals surface area contributed by atoms with Crippen molar-refractivity contribution < 1.29 is 9.59 Å². The lowest BCUT2D eigenvalue weighted by Crippen LogP contribution is -2.51. The third kappa shape index (κ3) is 3.27. The van der Waals surface area contributed by atoms with E-state index < -0.39 is 11.9 Å². The van der Waals surface area contributed by atoms with Crippen LogP contribution in [0.25, 0.3) is 0 Å². The van der Waals surface area contributed by atoms with Gasteiger partial charge in [-0.05, 0) is 37.0 Å². The molecule has 2 rings (SSSR count). The second-order valence-electron chi connectivity index (χ2n) is 4.94. The Morgan fingerprint density at radius 1 is 1.35 bits per heavy atom. The highest BCUT2D eigenvalue weighted by Gasteiger charge is 2.30. The van der Waals surface area contributed by atoms with Gasteiger partial charge in [0.2, 0.25) is 5.91 Å². The summed E-state index contributed by atoms with van der Waals surface area (Å²) in [5.74, 6) is -0.449. The van der Waals surface area contributed by atoms with Gasteiger partial charge in [-0.25, -0.2) is 4.79 Å². The summed E-state index contributed by atoms with van der Waals surface area (Å²) in [4.78, 5) is 25.2. The second-order valence-corrected chi connectivity index (χ2v) is 4.94. The highest BCUT2D eigenvalue weighted by atomic mass is 16.2. The normalized spacial score (nSPS) is 18.6. The van der Waals surface area contributed by atoms with Gasteiger partial charge >= 0.3 is 6.03 Å². The van der Waals surface area contributed by atoms with Crippen molar-refractivity contribution in [3.63, 3.8) is 0 Å². The van der Waals surface area contributed by atoms with Gasteiger partial charge in [0, 0.05) is 18.8 Å². The minimum Gasteiger partial charge on any atom is -0.368 e. The lowest BCUT2D eigenvalue weighted by Gasteiger charge is -2.33. The van der Waals surface area contributed by atoms with Crippen LogP contribution in [-0.4, -0.2) is 29.4 Å². The van der Waals surface area contributed by atoms with E-state index in [0.717, 1.165) is 18.4 Å². The molecule has 20 heavy (non-hydrogen) atoms. The van der Waals surface area contributed by atoms with Crippen molar-refractivity contribution in [3.05, 3.63) is 29.8 Å². The smallest absolute Gasteiger partial charge is 0.322 e. The van der Waals surface area contributed by atoms with Crippen LogP contribution in [0.1, 0.15) is 24.8 Å². The number of anilines is 1. The molecule has 0 aliphatic carbocycles. The van der Waals surface area contributed by atoms with Crippen LogP contribution in [0.2, 0.25) is 0 Å². The fraction of sp³-hybridized carbons (Fsp3) is 0.429. The molecular weight excluding hydrogens is 256 g/mol. The van der Waals surface area contributed by atoms with Crippen molar-refractivity contribution >= 4 is 17.6 Å². The van der Waals surface area contributed by atoms with Gasteiger partial charge in [0.1, 0.15) is 6.04 Å². The van der Waals surface area contributed by atoms with Gasteiger partial charge in [0.15, 0.2) is 0 Å². The molecule has 1 atom stereocenters. The van der Waals surface area contributed by atoms with Crippen molar-refractivity contribution in [1.29, 1.82) is 0 Å². The van der Waals surface area contributed by atoms with Crippen molar-refractivity contribution in [2.75, 3.05) is 11.9 Å². The minimum atomic E-state index is -0.513. The van der Waals surface area contributed by atoms with Crippen molar-refractivity contribution in [3.8, 4) is 0 Å². The number of primary amides is 1. The zero-order valence-corrected chi connectivity index (χ0v) is 11.3. The molecule has 0 radical (unpaired) electrons. The van der Waals surface area contributed by atoms with Crippen LogP contribution in [0.4, 0.5) is 10.5 Å². The maximum Gasteiger partial charge on any atom is 0.322 e. The van der Waals surface area contributed by atoms with Crippen LogP contribution in [0.3, 0.4) is 0 Å². The summed E-state index contributed by atoms with van der Waals surface area (Å²) in [6, 6.07) is 6.54. The molecule has 5 N–H and O–H groups in total. The van der Waals surface area contributed by atoms with E-state index in [1.54, 1.807) is 6.07 Å². The maximum absolute atomic E-state index is 12.3. The zero-order valence-electron chi connectivity index (χ0n) is 11.3. The molecule has 1 aromatic carbocycles. The Morgan fingerprint density at radius 3 is 2.85 bits per heavy atom. The van der Waals surface area contributed by atoms with Crippen LogP contribution in [0.15, 0.2) is 24.3 Å². The number of nitrogens with two attached hydrogens (primary N) is 2. The minimum absolute atomic E-state index is 0.289. The Hall–Kier alpha value is -2.08. The number of hydrogen-bond acceptors (Lipinski definition) is 3. The quantitative estimate of drug-likeness (QED) is 0.768. The van der Waals surface area contributed by atoms with Crippen LogP contribution in [0.5, 0.6) is 0 Å².